The Morgan fingerprint density at radius 2 is 1.71 bits per heavy atom. The molecule has 0 aliphatic heterocycles. The van der Waals surface area contributed by atoms with Gasteiger partial charge in [-0.05, 0) is 7.05 Å². The number of likely N-dealkylation sites (N-methyl/N-ethyl adjacent to an activating group) is 2. The topological polar surface area (TPSA) is 60.9 Å². The quantitative estimate of drug-likeness (QED) is 0.767. The standard InChI is InChI=1S/C9H15F3N2O3/c1-13(2)7(15)5-14(3)4-6(8(16)17)9(10,11)12/h6H,4-5H2,1-3H3,(H,16,17). The maximum Gasteiger partial charge on any atom is 0.403 e. The summed E-state index contributed by atoms with van der Waals surface area (Å²) in [6.45, 7) is -1.01. The molecule has 0 aliphatic carbocycles. The maximum atomic E-state index is 12.3. The fourth-order valence-electron chi connectivity index (χ4n) is 1.07. The van der Waals surface area contributed by atoms with E-state index in [1.54, 1.807) is 0 Å². The summed E-state index contributed by atoms with van der Waals surface area (Å²) in [6.07, 6.45) is -4.82. The molecule has 0 fully saturated rings. The lowest BCUT2D eigenvalue weighted by molar-refractivity contribution is -0.196. The van der Waals surface area contributed by atoms with Gasteiger partial charge in [0, 0.05) is 20.6 Å². The van der Waals surface area contributed by atoms with Crippen LogP contribution < -0.4 is 0 Å². The highest BCUT2D eigenvalue weighted by atomic mass is 19.4. The van der Waals surface area contributed by atoms with Crippen molar-refractivity contribution in [3.05, 3.63) is 0 Å². The van der Waals surface area contributed by atoms with Crippen LogP contribution in [0.5, 0.6) is 0 Å². The highest BCUT2D eigenvalue weighted by molar-refractivity contribution is 5.77. The van der Waals surface area contributed by atoms with E-state index in [1.807, 2.05) is 0 Å². The molecule has 0 heterocycles. The molecule has 0 saturated heterocycles. The van der Waals surface area contributed by atoms with Crippen molar-refractivity contribution < 1.29 is 27.9 Å². The molecule has 0 aromatic heterocycles. The zero-order valence-electron chi connectivity index (χ0n) is 9.78. The first-order valence-corrected chi connectivity index (χ1v) is 4.74. The first kappa shape index (κ1) is 15.7. The van der Waals surface area contributed by atoms with Gasteiger partial charge in [0.2, 0.25) is 5.91 Å². The van der Waals surface area contributed by atoms with Crippen molar-refractivity contribution in [2.75, 3.05) is 34.2 Å². The van der Waals surface area contributed by atoms with E-state index in [0.29, 0.717) is 0 Å². The number of carboxylic acid groups (broad SMARTS) is 1. The molecule has 1 unspecified atom stereocenters. The smallest absolute Gasteiger partial charge is 0.403 e. The Labute approximate surface area is 96.8 Å². The fraction of sp³-hybridized carbons (Fsp3) is 0.778. The highest BCUT2D eigenvalue weighted by Crippen LogP contribution is 2.26. The van der Waals surface area contributed by atoms with Crippen LogP contribution in [0.2, 0.25) is 0 Å². The summed E-state index contributed by atoms with van der Waals surface area (Å²) in [7, 11) is 4.20. The molecule has 17 heavy (non-hydrogen) atoms. The van der Waals surface area contributed by atoms with Crippen LogP contribution in [0.25, 0.3) is 0 Å². The molecule has 0 aliphatic rings. The Bertz CT molecular complexity index is 292. The second kappa shape index (κ2) is 5.85. The molecule has 1 atom stereocenters. The number of alkyl halides is 3. The Hall–Kier alpha value is -1.31. The van der Waals surface area contributed by atoms with Gasteiger partial charge in [0.1, 0.15) is 0 Å². The van der Waals surface area contributed by atoms with Crippen LogP contribution in [0, 0.1) is 5.92 Å². The molecule has 8 heteroatoms. The number of halogens is 3. The van der Waals surface area contributed by atoms with E-state index < -0.39 is 24.6 Å². The van der Waals surface area contributed by atoms with Gasteiger partial charge in [-0.1, -0.05) is 0 Å². The van der Waals surface area contributed by atoms with Crippen molar-refractivity contribution in [2.24, 2.45) is 5.92 Å². The molecule has 0 saturated carbocycles. The number of nitrogens with zero attached hydrogens (tertiary/aromatic N) is 2. The van der Waals surface area contributed by atoms with Gasteiger partial charge >= 0.3 is 12.1 Å². The van der Waals surface area contributed by atoms with Crippen molar-refractivity contribution in [1.82, 2.24) is 9.80 Å². The molecular weight excluding hydrogens is 241 g/mol. The average molecular weight is 256 g/mol. The van der Waals surface area contributed by atoms with Crippen LogP contribution in [-0.2, 0) is 9.59 Å². The summed E-state index contributed by atoms with van der Waals surface area (Å²) >= 11 is 0. The van der Waals surface area contributed by atoms with Crippen molar-refractivity contribution >= 4 is 11.9 Å². The van der Waals surface area contributed by atoms with Crippen molar-refractivity contribution in [3.63, 3.8) is 0 Å². The van der Waals surface area contributed by atoms with Crippen LogP contribution in [0.1, 0.15) is 0 Å². The normalized spacial score (nSPS) is 13.6. The fourth-order valence-corrected chi connectivity index (χ4v) is 1.07. The Morgan fingerprint density at radius 3 is 2.00 bits per heavy atom. The molecule has 0 radical (unpaired) electrons. The monoisotopic (exact) mass is 256 g/mol. The Morgan fingerprint density at radius 1 is 1.24 bits per heavy atom. The molecule has 0 rings (SSSR count). The predicted molar refractivity (Wildman–Crippen MR) is 53.4 cm³/mol. The summed E-state index contributed by atoms with van der Waals surface area (Å²) in [5.74, 6) is -4.82. The first-order valence-electron chi connectivity index (χ1n) is 4.74. The van der Waals surface area contributed by atoms with Gasteiger partial charge in [0.05, 0.1) is 6.54 Å². The Kier molecular flexibility index (Phi) is 5.40. The third-order valence-electron chi connectivity index (χ3n) is 2.09. The van der Waals surface area contributed by atoms with Crippen molar-refractivity contribution in [3.8, 4) is 0 Å². The number of carboxylic acids is 1. The zero-order valence-corrected chi connectivity index (χ0v) is 9.78. The molecule has 1 amide bonds. The first-order chi connectivity index (χ1) is 7.55. The van der Waals surface area contributed by atoms with Crippen LogP contribution in [0.4, 0.5) is 13.2 Å². The zero-order chi connectivity index (χ0) is 13.8. The maximum absolute atomic E-state index is 12.3. The lowest BCUT2D eigenvalue weighted by atomic mass is 10.1. The van der Waals surface area contributed by atoms with Crippen LogP contribution in [0.3, 0.4) is 0 Å². The number of rotatable bonds is 5. The minimum Gasteiger partial charge on any atom is -0.481 e. The van der Waals surface area contributed by atoms with Crippen molar-refractivity contribution in [2.45, 2.75) is 6.18 Å². The van der Waals surface area contributed by atoms with Gasteiger partial charge < -0.3 is 10.0 Å². The summed E-state index contributed by atoms with van der Waals surface area (Å²) in [4.78, 5) is 23.9. The molecule has 0 spiro atoms. The van der Waals surface area contributed by atoms with E-state index >= 15 is 0 Å². The SMILES string of the molecule is CN(CC(=O)N(C)C)CC(C(=O)O)C(F)(F)F. The third-order valence-corrected chi connectivity index (χ3v) is 2.09. The lowest BCUT2D eigenvalue weighted by Crippen LogP contribution is -2.43. The number of hydrogen-bond donors (Lipinski definition) is 1. The molecule has 0 bridgehead atoms. The number of hydrogen-bond acceptors (Lipinski definition) is 3. The van der Waals surface area contributed by atoms with E-state index in [9.17, 15) is 22.8 Å². The summed E-state index contributed by atoms with van der Waals surface area (Å²) in [5, 5.41) is 8.46. The Balaban J connectivity index is 4.48. The van der Waals surface area contributed by atoms with E-state index in [-0.39, 0.29) is 12.5 Å². The number of aliphatic carboxylic acids is 1. The van der Waals surface area contributed by atoms with Gasteiger partial charge in [-0.3, -0.25) is 14.5 Å². The largest absolute Gasteiger partial charge is 0.481 e. The van der Waals surface area contributed by atoms with Crippen molar-refractivity contribution in [1.29, 1.82) is 0 Å². The average Bonchev–Trinajstić information content (AvgIpc) is 2.11. The highest BCUT2D eigenvalue weighted by Gasteiger charge is 2.45. The number of carbonyl (C=O) groups is 2. The predicted octanol–water partition coefficient (Wildman–Crippen LogP) is 0.270. The second-order valence-electron chi connectivity index (χ2n) is 3.92. The van der Waals surface area contributed by atoms with E-state index in [1.165, 1.54) is 26.0 Å². The van der Waals surface area contributed by atoms with Gasteiger partial charge in [0.25, 0.3) is 0 Å². The van der Waals surface area contributed by atoms with Gasteiger partial charge in [-0.25, -0.2) is 0 Å². The van der Waals surface area contributed by atoms with Gasteiger partial charge in [-0.2, -0.15) is 13.2 Å². The molecule has 0 aromatic rings. The van der Waals surface area contributed by atoms with Crippen LogP contribution >= 0.6 is 0 Å². The van der Waals surface area contributed by atoms with E-state index in [0.717, 1.165) is 4.90 Å². The molecular formula is C9H15F3N2O3. The second-order valence-corrected chi connectivity index (χ2v) is 3.92. The van der Waals surface area contributed by atoms with Crippen LogP contribution in [-0.4, -0.2) is 67.2 Å². The van der Waals surface area contributed by atoms with E-state index in [4.69, 9.17) is 5.11 Å². The molecule has 0 aromatic carbocycles. The third kappa shape index (κ3) is 5.53. The number of carbonyl (C=O) groups excluding carboxylic acids is 1. The minimum absolute atomic E-state index is 0.257. The van der Waals surface area contributed by atoms with Gasteiger partial charge in [0.15, 0.2) is 5.92 Å². The number of amides is 1. The molecule has 1 N–H and O–H groups in total. The summed E-state index contributed by atoms with van der Waals surface area (Å²) < 4.78 is 37.0. The van der Waals surface area contributed by atoms with Gasteiger partial charge in [-0.15, -0.1) is 0 Å². The summed E-state index contributed by atoms with van der Waals surface area (Å²) in [5.41, 5.74) is 0. The lowest BCUT2D eigenvalue weighted by Gasteiger charge is -2.23. The van der Waals surface area contributed by atoms with Crippen LogP contribution in [0.15, 0.2) is 0 Å². The van der Waals surface area contributed by atoms with E-state index in [2.05, 4.69) is 0 Å². The minimum atomic E-state index is -4.82. The summed E-state index contributed by atoms with van der Waals surface area (Å²) in [6, 6.07) is 0. The molecule has 100 valence electrons. The molecule has 5 nitrogen and oxygen atoms in total.